The summed E-state index contributed by atoms with van der Waals surface area (Å²) in [6.07, 6.45) is -1.52. The molecule has 0 saturated carbocycles. The Balaban J connectivity index is 1.66. The SMILES string of the molecule is O=C(Nc1cnc(-n2nccn2)c(C(F)(F)F)c1)c1cc(F)c(-c2ccc(F)cc2Cl)cc1Cl. The maximum absolute atomic E-state index is 14.8. The van der Waals surface area contributed by atoms with Gasteiger partial charge in [-0.15, -0.1) is 4.80 Å². The fourth-order valence-corrected chi connectivity index (χ4v) is 3.57. The molecule has 6 nitrogen and oxygen atoms in total. The number of anilines is 1. The van der Waals surface area contributed by atoms with E-state index in [9.17, 15) is 26.7 Å². The number of pyridine rings is 1. The Morgan fingerprint density at radius 2 is 1.65 bits per heavy atom. The molecule has 0 aliphatic carbocycles. The van der Waals surface area contributed by atoms with Gasteiger partial charge >= 0.3 is 6.18 Å². The third kappa shape index (κ3) is 4.70. The molecule has 0 bridgehead atoms. The lowest BCUT2D eigenvalue weighted by atomic mass is 10.0. The zero-order chi connectivity index (χ0) is 24.6. The molecule has 0 unspecified atom stereocenters. The van der Waals surface area contributed by atoms with E-state index in [0.717, 1.165) is 30.5 Å². The zero-order valence-electron chi connectivity index (χ0n) is 16.5. The summed E-state index contributed by atoms with van der Waals surface area (Å²) in [7, 11) is 0. The zero-order valence-corrected chi connectivity index (χ0v) is 18.1. The second-order valence-electron chi connectivity index (χ2n) is 6.80. The number of nitrogens with one attached hydrogen (secondary N) is 1. The number of hydrogen-bond donors (Lipinski definition) is 1. The van der Waals surface area contributed by atoms with Gasteiger partial charge in [0.25, 0.3) is 5.91 Å². The van der Waals surface area contributed by atoms with E-state index in [-0.39, 0.29) is 32.4 Å². The van der Waals surface area contributed by atoms with Crippen molar-refractivity contribution in [2.45, 2.75) is 6.18 Å². The Morgan fingerprint density at radius 1 is 0.941 bits per heavy atom. The van der Waals surface area contributed by atoms with Crippen molar-refractivity contribution in [1.82, 2.24) is 20.0 Å². The lowest BCUT2D eigenvalue weighted by Gasteiger charge is -2.14. The Bertz CT molecular complexity index is 1390. The highest BCUT2D eigenvalue weighted by Crippen LogP contribution is 2.36. The molecule has 13 heteroatoms. The maximum atomic E-state index is 14.8. The van der Waals surface area contributed by atoms with Crippen molar-refractivity contribution < 1.29 is 26.7 Å². The van der Waals surface area contributed by atoms with Crippen LogP contribution in [0.4, 0.5) is 27.6 Å². The van der Waals surface area contributed by atoms with Crippen LogP contribution in [0.25, 0.3) is 16.9 Å². The van der Waals surface area contributed by atoms with Crippen molar-refractivity contribution in [2.24, 2.45) is 0 Å². The molecular formula is C21H10Cl2F5N5O. The van der Waals surface area contributed by atoms with Gasteiger partial charge in [-0.1, -0.05) is 23.2 Å². The number of rotatable bonds is 4. The smallest absolute Gasteiger partial charge is 0.321 e. The van der Waals surface area contributed by atoms with Gasteiger partial charge in [0.05, 0.1) is 39.9 Å². The van der Waals surface area contributed by atoms with Gasteiger partial charge in [-0.25, -0.2) is 13.8 Å². The largest absolute Gasteiger partial charge is 0.420 e. The molecule has 1 amide bonds. The molecule has 0 atom stereocenters. The van der Waals surface area contributed by atoms with Crippen molar-refractivity contribution in [1.29, 1.82) is 0 Å². The quantitative estimate of drug-likeness (QED) is 0.330. The van der Waals surface area contributed by atoms with E-state index in [1.807, 2.05) is 0 Å². The van der Waals surface area contributed by atoms with Crippen molar-refractivity contribution in [3.63, 3.8) is 0 Å². The fourth-order valence-electron chi connectivity index (χ4n) is 3.05. The van der Waals surface area contributed by atoms with Crippen LogP contribution in [0.15, 0.2) is 55.0 Å². The van der Waals surface area contributed by atoms with Crippen LogP contribution in [0.1, 0.15) is 15.9 Å². The molecule has 0 aliphatic heterocycles. The third-order valence-corrected chi connectivity index (χ3v) is 5.19. The van der Waals surface area contributed by atoms with Crippen LogP contribution >= 0.6 is 23.2 Å². The number of carbonyl (C=O) groups is 1. The number of aromatic nitrogens is 4. The van der Waals surface area contributed by atoms with Crippen LogP contribution in [0.5, 0.6) is 0 Å². The molecule has 1 N–H and O–H groups in total. The minimum atomic E-state index is -4.84. The average Bonchev–Trinajstić information content (AvgIpc) is 3.29. The van der Waals surface area contributed by atoms with Gasteiger partial charge in [0.1, 0.15) is 17.2 Å². The van der Waals surface area contributed by atoms with E-state index in [4.69, 9.17) is 23.2 Å². The number of nitrogens with zero attached hydrogens (tertiary/aromatic N) is 4. The van der Waals surface area contributed by atoms with Gasteiger partial charge in [0.2, 0.25) is 0 Å². The van der Waals surface area contributed by atoms with Gasteiger partial charge in [-0.3, -0.25) is 4.79 Å². The lowest BCUT2D eigenvalue weighted by Crippen LogP contribution is -2.17. The number of benzene rings is 2. The molecular weight excluding hydrogens is 504 g/mol. The number of alkyl halides is 3. The van der Waals surface area contributed by atoms with Crippen molar-refractivity contribution >= 4 is 34.8 Å². The van der Waals surface area contributed by atoms with E-state index in [2.05, 4.69) is 20.5 Å². The number of carbonyl (C=O) groups excluding carboxylic acids is 1. The number of hydrogen-bond acceptors (Lipinski definition) is 4. The molecule has 34 heavy (non-hydrogen) atoms. The Labute approximate surface area is 197 Å². The van der Waals surface area contributed by atoms with Crippen LogP contribution < -0.4 is 5.32 Å². The molecule has 2 aromatic heterocycles. The lowest BCUT2D eigenvalue weighted by molar-refractivity contribution is -0.137. The molecule has 4 aromatic rings. The fraction of sp³-hybridized carbons (Fsp3) is 0.0476. The van der Waals surface area contributed by atoms with Crippen LogP contribution in [0.2, 0.25) is 10.0 Å². The first kappa shape index (κ1) is 23.6. The summed E-state index contributed by atoms with van der Waals surface area (Å²) < 4.78 is 68.6. The molecule has 174 valence electrons. The molecule has 4 rings (SSSR count). The van der Waals surface area contributed by atoms with Gasteiger partial charge in [-0.2, -0.15) is 23.4 Å². The first-order chi connectivity index (χ1) is 16.0. The van der Waals surface area contributed by atoms with Gasteiger partial charge < -0.3 is 5.32 Å². The minimum Gasteiger partial charge on any atom is -0.321 e. The molecule has 0 fully saturated rings. The maximum Gasteiger partial charge on any atom is 0.420 e. The predicted molar refractivity (Wildman–Crippen MR) is 114 cm³/mol. The van der Waals surface area contributed by atoms with Gasteiger partial charge in [0.15, 0.2) is 5.82 Å². The standard InChI is InChI=1S/C21H10Cl2F5N5O/c22-16-5-10(24)1-2-12(16)13-7-17(23)14(8-18(13)25)20(34)32-11-6-15(21(26,27)28)19(29-9-11)33-30-3-4-31-33/h1-9H,(H,32,34). The van der Waals surface area contributed by atoms with E-state index < -0.39 is 35.1 Å². The molecule has 0 aliphatic rings. The highest BCUT2D eigenvalue weighted by Gasteiger charge is 2.36. The summed E-state index contributed by atoms with van der Waals surface area (Å²) >= 11 is 12.1. The van der Waals surface area contributed by atoms with Crippen LogP contribution in [-0.4, -0.2) is 25.9 Å². The minimum absolute atomic E-state index is 0.0790. The molecule has 2 heterocycles. The second-order valence-corrected chi connectivity index (χ2v) is 7.62. The first-order valence-electron chi connectivity index (χ1n) is 9.24. The van der Waals surface area contributed by atoms with Crippen molar-refractivity contribution in [3.8, 4) is 16.9 Å². The Hall–Kier alpha value is -3.57. The molecule has 2 aromatic carbocycles. The normalized spacial score (nSPS) is 11.5. The monoisotopic (exact) mass is 513 g/mol. The third-order valence-electron chi connectivity index (χ3n) is 4.56. The molecule has 0 saturated heterocycles. The summed E-state index contributed by atoms with van der Waals surface area (Å²) in [5, 5.41) is 9.18. The summed E-state index contributed by atoms with van der Waals surface area (Å²) in [4.78, 5) is 17.0. The summed E-state index contributed by atoms with van der Waals surface area (Å²) in [6.45, 7) is 0. The van der Waals surface area contributed by atoms with E-state index >= 15 is 0 Å². The highest BCUT2D eigenvalue weighted by molar-refractivity contribution is 6.35. The van der Waals surface area contributed by atoms with Crippen LogP contribution in [-0.2, 0) is 6.18 Å². The van der Waals surface area contributed by atoms with E-state index in [1.54, 1.807) is 0 Å². The summed E-state index contributed by atoms with van der Waals surface area (Å²) in [5.74, 6) is -3.12. The van der Waals surface area contributed by atoms with Crippen molar-refractivity contribution in [3.05, 3.63) is 87.8 Å². The predicted octanol–water partition coefficient (Wildman–Crippen LogP) is 6.19. The van der Waals surface area contributed by atoms with Gasteiger partial charge in [-0.05, 0) is 36.4 Å². The molecule has 0 radical (unpaired) electrons. The van der Waals surface area contributed by atoms with Crippen LogP contribution in [0.3, 0.4) is 0 Å². The van der Waals surface area contributed by atoms with E-state index in [1.165, 1.54) is 18.5 Å². The van der Waals surface area contributed by atoms with Gasteiger partial charge in [0, 0.05) is 11.1 Å². The number of amides is 1. The topological polar surface area (TPSA) is 72.7 Å². The number of halogens is 7. The average molecular weight is 514 g/mol. The highest BCUT2D eigenvalue weighted by atomic mass is 35.5. The summed E-state index contributed by atoms with van der Waals surface area (Å²) in [6, 6.07) is 5.85. The summed E-state index contributed by atoms with van der Waals surface area (Å²) in [5.41, 5.74) is -1.84. The Morgan fingerprint density at radius 3 is 2.29 bits per heavy atom. The Kier molecular flexibility index (Phi) is 6.24. The van der Waals surface area contributed by atoms with Crippen LogP contribution in [0, 0.1) is 11.6 Å². The first-order valence-corrected chi connectivity index (χ1v) is 10.00. The second kappa shape index (κ2) is 8.99. The van der Waals surface area contributed by atoms with E-state index in [0.29, 0.717) is 10.9 Å². The van der Waals surface area contributed by atoms with Crippen molar-refractivity contribution in [2.75, 3.05) is 5.32 Å². The molecule has 0 spiro atoms.